The van der Waals surface area contributed by atoms with Crippen molar-refractivity contribution in [3.05, 3.63) is 35.8 Å². The fourth-order valence-electron chi connectivity index (χ4n) is 1.78. The highest BCUT2D eigenvalue weighted by Gasteiger charge is 2.19. The number of anilines is 1. The summed E-state index contributed by atoms with van der Waals surface area (Å²) in [5.74, 6) is 1.02. The van der Waals surface area contributed by atoms with E-state index in [1.54, 1.807) is 19.9 Å². The first-order chi connectivity index (χ1) is 9.94. The SMILES string of the molecule is CCNc1ccncc1S(=O)(=O)NCc1nc(C)c(C)o1. The van der Waals surface area contributed by atoms with Crippen molar-refractivity contribution in [2.24, 2.45) is 0 Å². The molecular formula is C13H18N4O3S. The minimum absolute atomic E-state index is 0.00251. The van der Waals surface area contributed by atoms with Gasteiger partial charge in [-0.1, -0.05) is 0 Å². The molecule has 0 unspecified atom stereocenters. The molecule has 2 N–H and O–H groups in total. The Balaban J connectivity index is 2.18. The molecule has 114 valence electrons. The second kappa shape index (κ2) is 6.23. The highest BCUT2D eigenvalue weighted by Crippen LogP contribution is 2.19. The van der Waals surface area contributed by atoms with E-state index in [-0.39, 0.29) is 11.4 Å². The van der Waals surface area contributed by atoms with Crippen molar-refractivity contribution in [1.29, 1.82) is 0 Å². The van der Waals surface area contributed by atoms with Gasteiger partial charge < -0.3 is 9.73 Å². The maximum atomic E-state index is 12.3. The predicted molar refractivity (Wildman–Crippen MR) is 78.4 cm³/mol. The van der Waals surface area contributed by atoms with Gasteiger partial charge in [0.2, 0.25) is 15.9 Å². The quantitative estimate of drug-likeness (QED) is 0.841. The van der Waals surface area contributed by atoms with Crippen LogP contribution in [0.15, 0.2) is 27.8 Å². The van der Waals surface area contributed by atoms with Crippen LogP contribution in [-0.4, -0.2) is 24.9 Å². The first-order valence-electron chi connectivity index (χ1n) is 6.54. The summed E-state index contributed by atoms with van der Waals surface area (Å²) in [6.45, 7) is 6.09. The summed E-state index contributed by atoms with van der Waals surface area (Å²) in [6.07, 6.45) is 2.85. The number of sulfonamides is 1. The third-order valence-corrected chi connectivity index (χ3v) is 4.36. The van der Waals surface area contributed by atoms with Gasteiger partial charge in [-0.25, -0.2) is 18.1 Å². The monoisotopic (exact) mass is 310 g/mol. The normalized spacial score (nSPS) is 11.6. The summed E-state index contributed by atoms with van der Waals surface area (Å²) >= 11 is 0. The molecular weight excluding hydrogens is 292 g/mol. The molecule has 0 aromatic carbocycles. The molecule has 0 spiro atoms. The van der Waals surface area contributed by atoms with Crippen molar-refractivity contribution in [2.45, 2.75) is 32.2 Å². The van der Waals surface area contributed by atoms with Gasteiger partial charge in [-0.15, -0.1) is 0 Å². The molecule has 2 heterocycles. The topological polar surface area (TPSA) is 97.1 Å². The standard InChI is InChI=1S/C13H18N4O3S/c1-4-15-11-5-6-14-7-12(11)21(18,19)16-8-13-17-9(2)10(3)20-13/h5-7,16H,4,8H2,1-3H3,(H,14,15). The van der Waals surface area contributed by atoms with Crippen LogP contribution in [-0.2, 0) is 16.6 Å². The highest BCUT2D eigenvalue weighted by molar-refractivity contribution is 7.89. The van der Waals surface area contributed by atoms with Gasteiger partial charge in [-0.05, 0) is 26.8 Å². The number of rotatable bonds is 6. The van der Waals surface area contributed by atoms with Crippen LogP contribution in [0.3, 0.4) is 0 Å². The van der Waals surface area contributed by atoms with Crippen molar-refractivity contribution in [2.75, 3.05) is 11.9 Å². The van der Waals surface area contributed by atoms with Crippen molar-refractivity contribution in [3.63, 3.8) is 0 Å². The van der Waals surface area contributed by atoms with Gasteiger partial charge >= 0.3 is 0 Å². The Morgan fingerprint density at radius 1 is 1.33 bits per heavy atom. The first-order valence-corrected chi connectivity index (χ1v) is 8.03. The number of nitrogens with one attached hydrogen (secondary N) is 2. The molecule has 0 aliphatic rings. The molecule has 0 bridgehead atoms. The third-order valence-electron chi connectivity index (χ3n) is 2.93. The lowest BCUT2D eigenvalue weighted by molar-refractivity contribution is 0.463. The lowest BCUT2D eigenvalue weighted by atomic mass is 10.4. The lowest BCUT2D eigenvalue weighted by Gasteiger charge is -2.10. The van der Waals surface area contributed by atoms with Crippen LogP contribution in [0.2, 0.25) is 0 Å². The van der Waals surface area contributed by atoms with Crippen LogP contribution in [0.4, 0.5) is 5.69 Å². The largest absolute Gasteiger partial charge is 0.444 e. The van der Waals surface area contributed by atoms with Gasteiger partial charge in [0.15, 0.2) is 0 Å². The van der Waals surface area contributed by atoms with Crippen LogP contribution < -0.4 is 10.0 Å². The number of aryl methyl sites for hydroxylation is 2. The van der Waals surface area contributed by atoms with Crippen molar-refractivity contribution >= 4 is 15.7 Å². The third kappa shape index (κ3) is 3.59. The zero-order chi connectivity index (χ0) is 15.5. The van der Waals surface area contributed by atoms with Crippen molar-refractivity contribution < 1.29 is 12.8 Å². The number of hydrogen-bond donors (Lipinski definition) is 2. The van der Waals surface area contributed by atoms with Crippen LogP contribution >= 0.6 is 0 Å². The Morgan fingerprint density at radius 3 is 2.71 bits per heavy atom. The molecule has 0 radical (unpaired) electrons. The molecule has 0 saturated heterocycles. The number of pyridine rings is 1. The average molecular weight is 310 g/mol. The minimum Gasteiger partial charge on any atom is -0.444 e. The van der Waals surface area contributed by atoms with Gasteiger partial charge in [0.1, 0.15) is 10.7 Å². The minimum atomic E-state index is -3.69. The molecule has 2 rings (SSSR count). The number of oxazole rings is 1. The highest BCUT2D eigenvalue weighted by atomic mass is 32.2. The van der Waals surface area contributed by atoms with Gasteiger partial charge in [0.05, 0.1) is 17.9 Å². The van der Waals surface area contributed by atoms with E-state index in [9.17, 15) is 8.42 Å². The van der Waals surface area contributed by atoms with E-state index in [0.29, 0.717) is 23.9 Å². The fraction of sp³-hybridized carbons (Fsp3) is 0.385. The first kappa shape index (κ1) is 15.5. The summed E-state index contributed by atoms with van der Waals surface area (Å²) in [5.41, 5.74) is 1.26. The van der Waals surface area contributed by atoms with Gasteiger partial charge in [0, 0.05) is 18.9 Å². The lowest BCUT2D eigenvalue weighted by Crippen LogP contribution is -2.24. The van der Waals surface area contributed by atoms with Crippen LogP contribution in [0.5, 0.6) is 0 Å². The zero-order valence-electron chi connectivity index (χ0n) is 12.2. The summed E-state index contributed by atoms with van der Waals surface area (Å²) in [5, 5.41) is 3.00. The molecule has 21 heavy (non-hydrogen) atoms. The zero-order valence-corrected chi connectivity index (χ0v) is 13.0. The maximum Gasteiger partial charge on any atom is 0.244 e. The maximum absolute atomic E-state index is 12.3. The van der Waals surface area contributed by atoms with Crippen LogP contribution in [0.25, 0.3) is 0 Å². The molecule has 0 atom stereocenters. The molecule has 0 fully saturated rings. The second-order valence-electron chi connectivity index (χ2n) is 4.48. The Hall–Kier alpha value is -1.93. The van der Waals surface area contributed by atoms with Crippen molar-refractivity contribution in [1.82, 2.24) is 14.7 Å². The van der Waals surface area contributed by atoms with E-state index >= 15 is 0 Å². The smallest absolute Gasteiger partial charge is 0.244 e. The molecule has 2 aromatic heterocycles. The Bertz CT molecular complexity index is 705. The van der Waals surface area contributed by atoms with Crippen LogP contribution in [0, 0.1) is 13.8 Å². The van der Waals surface area contributed by atoms with E-state index in [1.165, 1.54) is 12.4 Å². The molecule has 0 saturated carbocycles. The summed E-state index contributed by atoms with van der Waals surface area (Å²) in [7, 11) is -3.69. The van der Waals surface area contributed by atoms with Gasteiger partial charge in [-0.2, -0.15) is 0 Å². The van der Waals surface area contributed by atoms with E-state index in [0.717, 1.165) is 5.69 Å². The Kier molecular flexibility index (Phi) is 4.59. The second-order valence-corrected chi connectivity index (χ2v) is 6.21. The van der Waals surface area contributed by atoms with Gasteiger partial charge in [0.25, 0.3) is 0 Å². The average Bonchev–Trinajstić information content (AvgIpc) is 2.77. The summed E-state index contributed by atoms with van der Waals surface area (Å²) in [4.78, 5) is 8.11. The molecule has 0 aliphatic carbocycles. The number of aromatic nitrogens is 2. The molecule has 2 aromatic rings. The Labute approximate surface area is 123 Å². The molecule has 7 nitrogen and oxygen atoms in total. The summed E-state index contributed by atoms with van der Waals surface area (Å²) in [6, 6.07) is 1.62. The van der Waals surface area contributed by atoms with Crippen LogP contribution in [0.1, 0.15) is 24.3 Å². The van der Waals surface area contributed by atoms with Crippen molar-refractivity contribution in [3.8, 4) is 0 Å². The molecule has 0 amide bonds. The molecule has 8 heteroatoms. The summed E-state index contributed by atoms with van der Waals surface area (Å²) < 4.78 is 32.5. The van der Waals surface area contributed by atoms with E-state index in [2.05, 4.69) is 20.0 Å². The number of nitrogens with zero attached hydrogens (tertiary/aromatic N) is 2. The van der Waals surface area contributed by atoms with E-state index < -0.39 is 10.0 Å². The fourth-order valence-corrected chi connectivity index (χ4v) is 2.88. The van der Waals surface area contributed by atoms with E-state index in [1.807, 2.05) is 6.92 Å². The Morgan fingerprint density at radius 2 is 2.10 bits per heavy atom. The molecule has 0 aliphatic heterocycles. The predicted octanol–water partition coefficient (Wildman–Crippen LogP) is 1.60. The van der Waals surface area contributed by atoms with E-state index in [4.69, 9.17) is 4.42 Å². The van der Waals surface area contributed by atoms with Gasteiger partial charge in [-0.3, -0.25) is 4.98 Å². The number of hydrogen-bond acceptors (Lipinski definition) is 6.